The number of aromatic hydroxyl groups is 1. The Bertz CT molecular complexity index is 1200. The van der Waals surface area contributed by atoms with Crippen LogP contribution >= 0.6 is 0 Å². The predicted molar refractivity (Wildman–Crippen MR) is 122 cm³/mol. The van der Waals surface area contributed by atoms with Crippen LogP contribution in [0.5, 0.6) is 5.75 Å². The van der Waals surface area contributed by atoms with Crippen LogP contribution in [-0.4, -0.2) is 34.2 Å². The standard InChI is InChI=1S/C23H29N5O5/c1-14-10-11-17(32-14)19(23(2,3)4)25-21-20(26-33-28(21)31)24-16-9-7-8-15(18(16)29)22(30)27-12-5-6-13-27/h7-11,19H,5-6,12-13H2,1-4H3,(H3-,24,25,26,29,30,31)/p+1/t19-/m0/s1. The molecule has 176 valence electrons. The first-order valence-corrected chi connectivity index (χ1v) is 11.0. The summed E-state index contributed by atoms with van der Waals surface area (Å²) in [6.07, 6.45) is 1.91. The van der Waals surface area contributed by atoms with Crippen LogP contribution in [0.4, 0.5) is 17.3 Å². The molecule has 0 spiro atoms. The van der Waals surface area contributed by atoms with Crippen molar-refractivity contribution < 1.29 is 23.5 Å². The predicted octanol–water partition coefficient (Wildman–Crippen LogP) is 4.31. The number of likely N-dealkylation sites (tertiary alicyclic amines) is 1. The van der Waals surface area contributed by atoms with Gasteiger partial charge in [0.25, 0.3) is 11.7 Å². The van der Waals surface area contributed by atoms with Crippen molar-refractivity contribution in [3.05, 3.63) is 52.3 Å². The molecule has 0 saturated carbocycles. The van der Waals surface area contributed by atoms with Crippen molar-refractivity contribution in [3.8, 4) is 5.75 Å². The van der Waals surface area contributed by atoms with Crippen molar-refractivity contribution in [1.29, 1.82) is 0 Å². The molecule has 1 aliphatic heterocycles. The van der Waals surface area contributed by atoms with Gasteiger partial charge in [-0.25, -0.2) is 0 Å². The highest BCUT2D eigenvalue weighted by Gasteiger charge is 2.35. The van der Waals surface area contributed by atoms with E-state index in [0.29, 0.717) is 23.4 Å². The van der Waals surface area contributed by atoms with Crippen LogP contribution in [0.2, 0.25) is 0 Å². The first kappa shape index (κ1) is 22.5. The number of rotatable bonds is 6. The number of amides is 1. The number of para-hydroxylation sites is 1. The topological polar surface area (TPSA) is 130 Å². The molecule has 10 heteroatoms. The van der Waals surface area contributed by atoms with Gasteiger partial charge in [0.15, 0.2) is 10.3 Å². The molecule has 3 aromatic rings. The van der Waals surface area contributed by atoms with Crippen LogP contribution in [0.15, 0.2) is 39.4 Å². The van der Waals surface area contributed by atoms with Crippen molar-refractivity contribution in [1.82, 2.24) is 10.1 Å². The summed E-state index contributed by atoms with van der Waals surface area (Å²) in [7, 11) is 0. The normalized spacial score (nSPS) is 15.0. The SMILES string of the molecule is Cc1ccc([C@H](Nc2c(Nc3cccc(C(=O)N4CCCC4)c3O)[nH]o[n+]2=O)C(C)(C)C)o1. The van der Waals surface area contributed by atoms with Gasteiger partial charge in [0.2, 0.25) is 0 Å². The van der Waals surface area contributed by atoms with Gasteiger partial charge in [0.05, 0.1) is 11.3 Å². The van der Waals surface area contributed by atoms with Gasteiger partial charge in [-0.05, 0) is 48.9 Å². The minimum Gasteiger partial charge on any atom is -0.505 e. The summed E-state index contributed by atoms with van der Waals surface area (Å²) in [6.45, 7) is 9.27. The molecule has 10 nitrogen and oxygen atoms in total. The summed E-state index contributed by atoms with van der Waals surface area (Å²) in [5.41, 5.74) is 0.159. The van der Waals surface area contributed by atoms with Gasteiger partial charge in [-0.1, -0.05) is 32.0 Å². The second kappa shape index (κ2) is 8.68. The number of phenols is 1. The van der Waals surface area contributed by atoms with Gasteiger partial charge >= 0.3 is 5.82 Å². The summed E-state index contributed by atoms with van der Waals surface area (Å²) in [5, 5.41) is 19.5. The third-order valence-corrected chi connectivity index (χ3v) is 5.76. The zero-order valence-corrected chi connectivity index (χ0v) is 19.3. The molecule has 2 aromatic heterocycles. The molecule has 1 amide bonds. The number of benzene rings is 1. The lowest BCUT2D eigenvalue weighted by molar-refractivity contribution is -0.701. The molecule has 1 saturated heterocycles. The third kappa shape index (κ3) is 4.59. The molecule has 3 heterocycles. The van der Waals surface area contributed by atoms with E-state index in [0.717, 1.165) is 18.6 Å². The van der Waals surface area contributed by atoms with Crippen LogP contribution in [0.25, 0.3) is 0 Å². The molecule has 1 aliphatic rings. The Labute approximate surface area is 191 Å². The maximum absolute atomic E-state index is 12.8. The van der Waals surface area contributed by atoms with Crippen LogP contribution in [0.1, 0.15) is 61.5 Å². The third-order valence-electron chi connectivity index (χ3n) is 5.76. The van der Waals surface area contributed by atoms with Crippen molar-refractivity contribution in [2.24, 2.45) is 5.41 Å². The quantitative estimate of drug-likeness (QED) is 0.407. The van der Waals surface area contributed by atoms with Gasteiger partial charge in [0.1, 0.15) is 17.6 Å². The van der Waals surface area contributed by atoms with Crippen molar-refractivity contribution in [2.75, 3.05) is 23.7 Å². The number of anilines is 3. The van der Waals surface area contributed by atoms with Crippen LogP contribution in [-0.2, 0) is 0 Å². The van der Waals surface area contributed by atoms with Gasteiger partial charge in [-0.15, -0.1) is 4.63 Å². The van der Waals surface area contributed by atoms with E-state index in [2.05, 4.69) is 15.8 Å². The molecule has 1 atom stereocenters. The average Bonchev–Trinajstić information content (AvgIpc) is 3.49. The number of hydrogen-bond donors (Lipinski definition) is 4. The van der Waals surface area contributed by atoms with Gasteiger partial charge in [0, 0.05) is 18.5 Å². The highest BCUT2D eigenvalue weighted by molar-refractivity contribution is 5.99. The minimum absolute atomic E-state index is 0.0830. The molecule has 0 radical (unpaired) electrons. The largest absolute Gasteiger partial charge is 0.505 e. The lowest BCUT2D eigenvalue weighted by Gasteiger charge is -2.26. The maximum Gasteiger partial charge on any atom is 0.367 e. The number of furan rings is 1. The van der Waals surface area contributed by atoms with E-state index in [9.17, 15) is 14.8 Å². The number of nitrogens with zero attached hydrogens (tertiary/aromatic N) is 2. The number of aryl methyl sites for hydroxylation is 1. The van der Waals surface area contributed by atoms with E-state index in [-0.39, 0.29) is 46.0 Å². The first-order valence-electron chi connectivity index (χ1n) is 11.0. The monoisotopic (exact) mass is 456 g/mol. The minimum atomic E-state index is -0.352. The van der Waals surface area contributed by atoms with E-state index in [4.69, 9.17) is 9.05 Å². The number of carbonyl (C=O) groups is 1. The number of aromatic amines is 1. The first-order chi connectivity index (χ1) is 15.6. The fourth-order valence-corrected chi connectivity index (χ4v) is 3.98. The molecule has 33 heavy (non-hydrogen) atoms. The number of hydrogen-bond acceptors (Lipinski definition) is 7. The lowest BCUT2D eigenvalue weighted by atomic mass is 9.85. The zero-order valence-electron chi connectivity index (χ0n) is 19.3. The summed E-state index contributed by atoms with van der Waals surface area (Å²) in [6, 6.07) is 8.25. The lowest BCUT2D eigenvalue weighted by Crippen LogP contribution is -2.29. The van der Waals surface area contributed by atoms with E-state index in [1.54, 1.807) is 23.1 Å². The second-order valence-electron chi connectivity index (χ2n) is 9.39. The molecular formula is C23H30N5O5+. The Balaban J connectivity index is 1.63. The van der Waals surface area contributed by atoms with Gasteiger partial charge in [-0.3, -0.25) is 10.1 Å². The Morgan fingerprint density at radius 2 is 1.94 bits per heavy atom. The molecular weight excluding hydrogens is 426 g/mol. The molecule has 1 aromatic carbocycles. The van der Waals surface area contributed by atoms with E-state index in [1.807, 2.05) is 39.8 Å². The fraction of sp³-hybridized carbons (Fsp3) is 0.435. The molecule has 1 fully saturated rings. The number of H-pyrrole nitrogens is 1. The summed E-state index contributed by atoms with van der Waals surface area (Å²) in [4.78, 5) is 26.9. The maximum atomic E-state index is 12.8. The highest BCUT2D eigenvalue weighted by Crippen LogP contribution is 2.38. The Kier molecular flexibility index (Phi) is 5.92. The van der Waals surface area contributed by atoms with E-state index >= 15 is 0 Å². The van der Waals surface area contributed by atoms with Crippen molar-refractivity contribution in [3.63, 3.8) is 0 Å². The highest BCUT2D eigenvalue weighted by atomic mass is 16.7. The Morgan fingerprint density at radius 3 is 2.58 bits per heavy atom. The Morgan fingerprint density at radius 1 is 1.21 bits per heavy atom. The van der Waals surface area contributed by atoms with Crippen LogP contribution in [0, 0.1) is 17.2 Å². The zero-order chi connectivity index (χ0) is 23.8. The second-order valence-corrected chi connectivity index (χ2v) is 9.39. The summed E-state index contributed by atoms with van der Waals surface area (Å²) in [5.74, 6) is 1.30. The number of aromatic nitrogens is 2. The van der Waals surface area contributed by atoms with E-state index < -0.39 is 0 Å². The van der Waals surface area contributed by atoms with Gasteiger partial charge < -0.3 is 19.7 Å². The van der Waals surface area contributed by atoms with Crippen molar-refractivity contribution >= 4 is 23.2 Å². The Hall–Kier alpha value is -3.69. The number of carbonyl (C=O) groups excluding carboxylic acids is 1. The summed E-state index contributed by atoms with van der Waals surface area (Å²) >= 11 is 0. The molecule has 0 unspecified atom stereocenters. The fourth-order valence-electron chi connectivity index (χ4n) is 3.98. The number of nitrogens with one attached hydrogen (secondary N) is 3. The van der Waals surface area contributed by atoms with Crippen LogP contribution in [0.3, 0.4) is 0 Å². The molecule has 0 aliphatic carbocycles. The summed E-state index contributed by atoms with van der Waals surface area (Å²) < 4.78 is 11.1. The van der Waals surface area contributed by atoms with Crippen LogP contribution < -0.4 is 15.2 Å². The van der Waals surface area contributed by atoms with E-state index in [1.165, 1.54) is 0 Å². The van der Waals surface area contributed by atoms with Gasteiger partial charge in [-0.2, -0.15) is 0 Å². The smallest absolute Gasteiger partial charge is 0.367 e. The molecule has 4 N–H and O–H groups in total. The number of phenolic OH excluding ortho intramolecular Hbond substituents is 1. The van der Waals surface area contributed by atoms with Crippen molar-refractivity contribution in [2.45, 2.75) is 46.6 Å². The molecule has 4 rings (SSSR count). The molecule has 0 bridgehead atoms. The average molecular weight is 457 g/mol.